The van der Waals surface area contributed by atoms with Crippen LogP contribution < -0.4 is 0 Å². The Bertz CT molecular complexity index is 480. The first kappa shape index (κ1) is 12.9. The number of hydrogen-bond acceptors (Lipinski definition) is 4. The molecule has 6 heteroatoms. The van der Waals surface area contributed by atoms with E-state index in [0.717, 1.165) is 4.90 Å². The molecule has 5 nitrogen and oxygen atoms in total. The molecule has 18 heavy (non-hydrogen) atoms. The predicted octanol–water partition coefficient (Wildman–Crippen LogP) is 0.0236. The fraction of sp³-hybridized carbons (Fsp3) is 0.333. The summed E-state index contributed by atoms with van der Waals surface area (Å²) >= 11 is 0. The Labute approximate surface area is 107 Å². The van der Waals surface area contributed by atoms with E-state index in [1.54, 1.807) is 24.3 Å². The molecule has 0 spiro atoms. The summed E-state index contributed by atoms with van der Waals surface area (Å²) in [6.45, 7) is -0.0340. The van der Waals surface area contributed by atoms with Crippen LogP contribution in [0.5, 0.6) is 0 Å². The van der Waals surface area contributed by atoms with E-state index in [9.17, 15) is 13.8 Å². The van der Waals surface area contributed by atoms with E-state index in [-0.39, 0.29) is 36.5 Å². The zero-order valence-electron chi connectivity index (χ0n) is 9.67. The molecule has 2 amide bonds. The molecule has 0 aliphatic carbocycles. The lowest BCUT2D eigenvalue weighted by Gasteiger charge is -2.12. The molecule has 0 fully saturated rings. The molecule has 0 saturated carbocycles. The second-order valence-electron chi connectivity index (χ2n) is 3.88. The fourth-order valence-corrected chi connectivity index (χ4v) is 2.63. The van der Waals surface area contributed by atoms with Gasteiger partial charge in [0.1, 0.15) is 0 Å². The van der Waals surface area contributed by atoms with Crippen LogP contribution in [-0.2, 0) is 10.8 Å². The van der Waals surface area contributed by atoms with Crippen molar-refractivity contribution in [2.24, 2.45) is 0 Å². The lowest BCUT2D eigenvalue weighted by Crippen LogP contribution is -2.33. The topological polar surface area (TPSA) is 74.7 Å². The Morgan fingerprint density at radius 1 is 1.06 bits per heavy atom. The molecule has 96 valence electrons. The van der Waals surface area contributed by atoms with Crippen LogP contribution >= 0.6 is 0 Å². The monoisotopic (exact) mass is 267 g/mol. The highest BCUT2D eigenvalue weighted by atomic mass is 32.2. The summed E-state index contributed by atoms with van der Waals surface area (Å²) in [7, 11) is -1.21. The van der Waals surface area contributed by atoms with Crippen molar-refractivity contribution in [3.8, 4) is 0 Å². The van der Waals surface area contributed by atoms with Crippen LogP contribution in [0.2, 0.25) is 0 Å². The number of nitrogens with zero attached hydrogens (tertiary/aromatic N) is 1. The van der Waals surface area contributed by atoms with Crippen LogP contribution in [0.25, 0.3) is 0 Å². The van der Waals surface area contributed by atoms with Crippen LogP contribution in [-0.4, -0.2) is 50.7 Å². The molecule has 1 atom stereocenters. The Kier molecular flexibility index (Phi) is 3.88. The van der Waals surface area contributed by atoms with Gasteiger partial charge in [0, 0.05) is 28.9 Å². The number of fused-ring (bicyclic) bond motifs is 1. The van der Waals surface area contributed by atoms with Gasteiger partial charge in [-0.25, -0.2) is 0 Å². The Morgan fingerprint density at radius 2 is 1.61 bits per heavy atom. The number of imide groups is 1. The quantitative estimate of drug-likeness (QED) is 0.763. The molecule has 1 unspecified atom stereocenters. The number of carbonyl (C=O) groups excluding carboxylic acids is 2. The van der Waals surface area contributed by atoms with Crippen molar-refractivity contribution in [1.82, 2.24) is 4.90 Å². The highest BCUT2D eigenvalue weighted by Gasteiger charge is 2.34. The molecule has 2 rings (SSSR count). The molecule has 1 aliphatic rings. The number of aliphatic hydroxyl groups is 1. The third-order valence-electron chi connectivity index (χ3n) is 2.74. The third-order valence-corrected chi connectivity index (χ3v) is 4.02. The third kappa shape index (κ3) is 2.34. The highest BCUT2D eigenvalue weighted by Crippen LogP contribution is 2.21. The number of carbonyl (C=O) groups is 2. The first-order valence-corrected chi connectivity index (χ1v) is 7.05. The largest absolute Gasteiger partial charge is 0.395 e. The van der Waals surface area contributed by atoms with Crippen LogP contribution in [0.1, 0.15) is 20.7 Å². The minimum atomic E-state index is -1.21. The standard InChI is InChI=1S/C12H13NO4S/c14-6-8-18(17)7-5-13-11(15)9-3-1-2-4-10(9)12(13)16/h1-4,14H,5-8H2. The second kappa shape index (κ2) is 5.41. The van der Waals surface area contributed by atoms with E-state index in [1.165, 1.54) is 0 Å². The lowest BCUT2D eigenvalue weighted by molar-refractivity contribution is 0.0664. The maximum absolute atomic E-state index is 11.9. The first-order valence-electron chi connectivity index (χ1n) is 5.56. The average molecular weight is 267 g/mol. The van der Waals surface area contributed by atoms with Gasteiger partial charge in [-0.1, -0.05) is 12.1 Å². The minimum Gasteiger partial charge on any atom is -0.395 e. The van der Waals surface area contributed by atoms with Crippen molar-refractivity contribution in [2.45, 2.75) is 0 Å². The molecule has 1 aromatic carbocycles. The van der Waals surface area contributed by atoms with Crippen LogP contribution in [0.3, 0.4) is 0 Å². The Hall–Kier alpha value is -1.53. The van der Waals surface area contributed by atoms with Gasteiger partial charge < -0.3 is 5.11 Å². The normalized spacial score (nSPS) is 15.9. The molecule has 1 heterocycles. The van der Waals surface area contributed by atoms with Crippen molar-refractivity contribution in [3.63, 3.8) is 0 Å². The molecule has 0 radical (unpaired) electrons. The van der Waals surface area contributed by atoms with Gasteiger partial charge in [-0.15, -0.1) is 0 Å². The van der Waals surface area contributed by atoms with E-state index in [1.807, 2.05) is 0 Å². The second-order valence-corrected chi connectivity index (χ2v) is 5.58. The number of benzene rings is 1. The fourth-order valence-electron chi connectivity index (χ4n) is 1.84. The summed E-state index contributed by atoms with van der Waals surface area (Å²) in [6.07, 6.45) is 0. The van der Waals surface area contributed by atoms with E-state index >= 15 is 0 Å². The minimum absolute atomic E-state index is 0.124. The number of hydrogen-bond donors (Lipinski definition) is 1. The summed E-state index contributed by atoms with van der Waals surface area (Å²) in [5.74, 6) is -0.303. The molecule has 1 aliphatic heterocycles. The van der Waals surface area contributed by atoms with Gasteiger partial charge >= 0.3 is 0 Å². The predicted molar refractivity (Wildman–Crippen MR) is 66.8 cm³/mol. The van der Waals surface area contributed by atoms with Crippen LogP contribution in [0.15, 0.2) is 24.3 Å². The van der Waals surface area contributed by atoms with Gasteiger partial charge in [0.15, 0.2) is 0 Å². The van der Waals surface area contributed by atoms with Gasteiger partial charge in [0.2, 0.25) is 0 Å². The molecule has 1 N–H and O–H groups in total. The molecule has 0 aromatic heterocycles. The molecule has 0 saturated heterocycles. The lowest BCUT2D eigenvalue weighted by atomic mass is 10.1. The number of aliphatic hydroxyl groups excluding tert-OH is 1. The van der Waals surface area contributed by atoms with Gasteiger partial charge in [-0.05, 0) is 12.1 Å². The van der Waals surface area contributed by atoms with Crippen molar-refractivity contribution in [3.05, 3.63) is 35.4 Å². The Morgan fingerprint density at radius 3 is 2.11 bits per heavy atom. The summed E-state index contributed by atoms with van der Waals surface area (Å²) in [5.41, 5.74) is 0.797. The van der Waals surface area contributed by atoms with E-state index < -0.39 is 10.8 Å². The zero-order valence-corrected chi connectivity index (χ0v) is 10.5. The summed E-state index contributed by atoms with van der Waals surface area (Å²) in [5, 5.41) is 8.63. The van der Waals surface area contributed by atoms with E-state index in [0.29, 0.717) is 11.1 Å². The first-order chi connectivity index (χ1) is 8.65. The van der Waals surface area contributed by atoms with Gasteiger partial charge in [0.05, 0.1) is 17.7 Å². The molecular weight excluding hydrogens is 254 g/mol. The van der Waals surface area contributed by atoms with Crippen LogP contribution in [0, 0.1) is 0 Å². The zero-order chi connectivity index (χ0) is 13.1. The summed E-state index contributed by atoms with van der Waals surface area (Å²) in [6, 6.07) is 6.63. The van der Waals surface area contributed by atoms with Gasteiger partial charge in [-0.2, -0.15) is 0 Å². The maximum atomic E-state index is 11.9. The summed E-state index contributed by atoms with van der Waals surface area (Å²) in [4.78, 5) is 25.0. The summed E-state index contributed by atoms with van der Waals surface area (Å²) < 4.78 is 11.4. The van der Waals surface area contributed by atoms with Crippen molar-refractivity contribution in [1.29, 1.82) is 0 Å². The van der Waals surface area contributed by atoms with Gasteiger partial charge in [0.25, 0.3) is 11.8 Å². The highest BCUT2D eigenvalue weighted by molar-refractivity contribution is 7.85. The van der Waals surface area contributed by atoms with Gasteiger partial charge in [-0.3, -0.25) is 18.7 Å². The van der Waals surface area contributed by atoms with E-state index in [2.05, 4.69) is 0 Å². The van der Waals surface area contributed by atoms with Crippen molar-refractivity contribution in [2.75, 3.05) is 24.7 Å². The molecular formula is C12H13NO4S. The molecule has 1 aromatic rings. The SMILES string of the molecule is O=C1c2ccccc2C(=O)N1CCS(=O)CCO. The average Bonchev–Trinajstić information content (AvgIpc) is 2.61. The van der Waals surface area contributed by atoms with E-state index in [4.69, 9.17) is 5.11 Å². The smallest absolute Gasteiger partial charge is 0.261 e. The number of amides is 2. The molecule has 0 bridgehead atoms. The van der Waals surface area contributed by atoms with Crippen LogP contribution in [0.4, 0.5) is 0 Å². The Balaban J connectivity index is 2.07. The van der Waals surface area contributed by atoms with Crippen molar-refractivity contribution >= 4 is 22.6 Å². The number of rotatable bonds is 5. The van der Waals surface area contributed by atoms with Crippen molar-refractivity contribution < 1.29 is 18.9 Å². The maximum Gasteiger partial charge on any atom is 0.261 e.